The van der Waals surface area contributed by atoms with Gasteiger partial charge in [0.05, 0.1) is 11.6 Å². The minimum Gasteiger partial charge on any atom is -0.301 e. The van der Waals surface area contributed by atoms with Crippen molar-refractivity contribution in [3.05, 3.63) is 35.4 Å². The van der Waals surface area contributed by atoms with Crippen molar-refractivity contribution < 1.29 is 0 Å². The Bertz CT molecular complexity index is 425. The highest BCUT2D eigenvalue weighted by atomic mass is 15.2. The molecule has 1 atom stereocenters. The van der Waals surface area contributed by atoms with Crippen LogP contribution in [-0.2, 0) is 0 Å². The van der Waals surface area contributed by atoms with Crippen LogP contribution < -0.4 is 0 Å². The van der Waals surface area contributed by atoms with E-state index >= 15 is 0 Å². The molecule has 0 spiro atoms. The summed E-state index contributed by atoms with van der Waals surface area (Å²) in [5.74, 6) is 0.638. The van der Waals surface area contributed by atoms with Crippen LogP contribution in [0.25, 0.3) is 0 Å². The molecule has 1 fully saturated rings. The summed E-state index contributed by atoms with van der Waals surface area (Å²) in [6.45, 7) is 6.96. The molecule has 0 amide bonds. The van der Waals surface area contributed by atoms with Crippen LogP contribution in [0.2, 0.25) is 0 Å². The molecule has 2 nitrogen and oxygen atoms in total. The first kappa shape index (κ1) is 13.1. The van der Waals surface area contributed by atoms with Gasteiger partial charge in [0.15, 0.2) is 0 Å². The minimum atomic E-state index is 0.638. The molecule has 1 aliphatic rings. The molecular formula is C16H22N2. The lowest BCUT2D eigenvalue weighted by Crippen LogP contribution is -2.39. The molecule has 1 aromatic rings. The number of benzene rings is 1. The smallest absolute Gasteiger partial charge is 0.0991 e. The van der Waals surface area contributed by atoms with Crippen molar-refractivity contribution in [1.29, 1.82) is 5.26 Å². The van der Waals surface area contributed by atoms with E-state index < -0.39 is 0 Å². The minimum absolute atomic E-state index is 0.638. The predicted molar refractivity (Wildman–Crippen MR) is 74.5 cm³/mol. The van der Waals surface area contributed by atoms with Crippen LogP contribution >= 0.6 is 0 Å². The summed E-state index contributed by atoms with van der Waals surface area (Å²) in [6, 6.07) is 11.1. The van der Waals surface area contributed by atoms with Crippen molar-refractivity contribution in [1.82, 2.24) is 4.90 Å². The average Bonchev–Trinajstić information content (AvgIpc) is 2.46. The van der Waals surface area contributed by atoms with Gasteiger partial charge in [0.25, 0.3) is 0 Å². The standard InChI is InChI=1S/C16H22N2/c1-3-13(2)18-9-7-15(8-10-18)16-6-4-5-14(11-16)12-17/h4-6,11,13,15H,3,7-10H2,1-2H3. The lowest BCUT2D eigenvalue weighted by Gasteiger charge is -2.36. The third kappa shape index (κ3) is 2.91. The van der Waals surface area contributed by atoms with Gasteiger partial charge in [-0.2, -0.15) is 5.26 Å². The van der Waals surface area contributed by atoms with Crippen LogP contribution in [0.3, 0.4) is 0 Å². The van der Waals surface area contributed by atoms with Crippen LogP contribution in [0.15, 0.2) is 24.3 Å². The zero-order chi connectivity index (χ0) is 13.0. The third-order valence-electron chi connectivity index (χ3n) is 4.23. The van der Waals surface area contributed by atoms with Crippen LogP contribution in [0, 0.1) is 11.3 Å². The van der Waals surface area contributed by atoms with Gasteiger partial charge in [-0.05, 0) is 62.9 Å². The van der Waals surface area contributed by atoms with Crippen LogP contribution in [0.5, 0.6) is 0 Å². The van der Waals surface area contributed by atoms with Crippen molar-refractivity contribution in [3.63, 3.8) is 0 Å². The van der Waals surface area contributed by atoms with Crippen molar-refractivity contribution in [2.24, 2.45) is 0 Å². The molecule has 0 radical (unpaired) electrons. The molecule has 1 aliphatic heterocycles. The quantitative estimate of drug-likeness (QED) is 0.810. The van der Waals surface area contributed by atoms with Gasteiger partial charge >= 0.3 is 0 Å². The molecule has 2 rings (SSSR count). The van der Waals surface area contributed by atoms with Gasteiger partial charge in [-0.25, -0.2) is 0 Å². The number of rotatable bonds is 3. The fourth-order valence-electron chi connectivity index (χ4n) is 2.79. The second kappa shape index (κ2) is 6.02. The summed E-state index contributed by atoms with van der Waals surface area (Å²) in [6.07, 6.45) is 3.67. The molecule has 0 aliphatic carbocycles. The second-order valence-electron chi connectivity index (χ2n) is 5.30. The zero-order valence-corrected chi connectivity index (χ0v) is 11.4. The number of nitriles is 1. The molecule has 1 unspecified atom stereocenters. The average molecular weight is 242 g/mol. The summed E-state index contributed by atoms with van der Waals surface area (Å²) in [4.78, 5) is 2.59. The summed E-state index contributed by atoms with van der Waals surface area (Å²) in [5.41, 5.74) is 2.13. The summed E-state index contributed by atoms with van der Waals surface area (Å²) >= 11 is 0. The van der Waals surface area contributed by atoms with Gasteiger partial charge in [-0.3, -0.25) is 0 Å². The molecule has 18 heavy (non-hydrogen) atoms. The number of likely N-dealkylation sites (tertiary alicyclic amines) is 1. The largest absolute Gasteiger partial charge is 0.301 e. The van der Waals surface area contributed by atoms with Crippen molar-refractivity contribution in [3.8, 4) is 6.07 Å². The lowest BCUT2D eigenvalue weighted by atomic mass is 9.88. The van der Waals surface area contributed by atoms with E-state index in [1.54, 1.807) is 0 Å². The number of hydrogen-bond donors (Lipinski definition) is 0. The van der Waals surface area contributed by atoms with E-state index in [0.29, 0.717) is 12.0 Å². The molecule has 2 heteroatoms. The van der Waals surface area contributed by atoms with E-state index in [1.807, 2.05) is 12.1 Å². The molecule has 0 saturated carbocycles. The fraction of sp³-hybridized carbons (Fsp3) is 0.562. The first-order valence-electron chi connectivity index (χ1n) is 6.98. The molecule has 96 valence electrons. The second-order valence-corrected chi connectivity index (χ2v) is 5.30. The Balaban J connectivity index is 1.99. The highest BCUT2D eigenvalue weighted by Gasteiger charge is 2.22. The Morgan fingerprint density at radius 3 is 2.72 bits per heavy atom. The summed E-state index contributed by atoms with van der Waals surface area (Å²) < 4.78 is 0. The van der Waals surface area contributed by atoms with E-state index in [-0.39, 0.29) is 0 Å². The maximum Gasteiger partial charge on any atom is 0.0991 e. The zero-order valence-electron chi connectivity index (χ0n) is 11.4. The van der Waals surface area contributed by atoms with Gasteiger partial charge in [0.1, 0.15) is 0 Å². The molecule has 0 N–H and O–H groups in total. The normalized spacial score (nSPS) is 19.4. The Labute approximate surface area is 110 Å². The Morgan fingerprint density at radius 2 is 2.11 bits per heavy atom. The fourth-order valence-corrected chi connectivity index (χ4v) is 2.79. The Kier molecular flexibility index (Phi) is 4.38. The van der Waals surface area contributed by atoms with Gasteiger partial charge in [0.2, 0.25) is 0 Å². The van der Waals surface area contributed by atoms with Crippen LogP contribution in [0.4, 0.5) is 0 Å². The third-order valence-corrected chi connectivity index (χ3v) is 4.23. The summed E-state index contributed by atoms with van der Waals surface area (Å²) in [5, 5.41) is 8.95. The van der Waals surface area contributed by atoms with Crippen molar-refractivity contribution in [2.75, 3.05) is 13.1 Å². The van der Waals surface area contributed by atoms with Gasteiger partial charge in [0, 0.05) is 6.04 Å². The van der Waals surface area contributed by atoms with Crippen LogP contribution in [0.1, 0.15) is 50.2 Å². The van der Waals surface area contributed by atoms with E-state index in [0.717, 1.165) is 5.56 Å². The van der Waals surface area contributed by atoms with E-state index in [9.17, 15) is 0 Å². The van der Waals surface area contributed by atoms with E-state index in [4.69, 9.17) is 5.26 Å². The van der Waals surface area contributed by atoms with Crippen molar-refractivity contribution in [2.45, 2.75) is 45.1 Å². The highest BCUT2D eigenvalue weighted by Crippen LogP contribution is 2.29. The van der Waals surface area contributed by atoms with Crippen molar-refractivity contribution >= 4 is 0 Å². The molecular weight excluding hydrogens is 220 g/mol. The molecule has 1 saturated heterocycles. The molecule has 1 aromatic carbocycles. The number of piperidine rings is 1. The predicted octanol–water partition coefficient (Wildman–Crippen LogP) is 3.54. The van der Waals surface area contributed by atoms with Gasteiger partial charge in [-0.15, -0.1) is 0 Å². The first-order valence-corrected chi connectivity index (χ1v) is 6.98. The molecule has 0 bridgehead atoms. The van der Waals surface area contributed by atoms with E-state index in [2.05, 4.69) is 36.9 Å². The van der Waals surface area contributed by atoms with Crippen LogP contribution in [-0.4, -0.2) is 24.0 Å². The summed E-state index contributed by atoms with van der Waals surface area (Å²) in [7, 11) is 0. The van der Waals surface area contributed by atoms with E-state index in [1.165, 1.54) is 37.9 Å². The molecule has 1 heterocycles. The monoisotopic (exact) mass is 242 g/mol. The molecule has 0 aromatic heterocycles. The first-order chi connectivity index (χ1) is 8.74. The maximum atomic E-state index is 8.95. The number of hydrogen-bond acceptors (Lipinski definition) is 2. The lowest BCUT2D eigenvalue weighted by molar-refractivity contribution is 0.158. The SMILES string of the molecule is CCC(C)N1CCC(c2cccc(C#N)c2)CC1. The number of nitrogens with zero attached hydrogens (tertiary/aromatic N) is 2. The maximum absolute atomic E-state index is 8.95. The Hall–Kier alpha value is -1.33. The highest BCUT2D eigenvalue weighted by molar-refractivity contribution is 5.34. The van der Waals surface area contributed by atoms with Gasteiger partial charge in [-0.1, -0.05) is 19.1 Å². The Morgan fingerprint density at radius 1 is 1.39 bits per heavy atom. The van der Waals surface area contributed by atoms with Gasteiger partial charge < -0.3 is 4.90 Å². The topological polar surface area (TPSA) is 27.0 Å².